The van der Waals surface area contributed by atoms with E-state index in [9.17, 15) is 0 Å². The van der Waals surface area contributed by atoms with E-state index in [0.29, 0.717) is 0 Å². The zero-order valence-electron chi connectivity index (χ0n) is 4.05. The van der Waals surface area contributed by atoms with E-state index < -0.39 is 10.2 Å². The van der Waals surface area contributed by atoms with Crippen molar-refractivity contribution in [1.29, 1.82) is 0 Å². The zero-order chi connectivity index (χ0) is 7.15. The van der Waals surface area contributed by atoms with Crippen LogP contribution in [0.5, 0.6) is 0 Å². The fourth-order valence-corrected chi connectivity index (χ4v) is 0. The molecule has 0 heterocycles. The molecule has 8 nitrogen and oxygen atoms in total. The van der Waals surface area contributed by atoms with Gasteiger partial charge in [-0.3, -0.25) is 0 Å². The maximum Gasteiger partial charge on any atom is 2.00 e. The molecule has 0 aliphatic rings. The third-order valence-electron chi connectivity index (χ3n) is 0. The molecule has 0 amide bonds. The number of hydrogen-bond donors (Lipinski definition) is 0. The van der Waals surface area contributed by atoms with Crippen molar-refractivity contribution in [2.45, 2.75) is 0 Å². The van der Waals surface area contributed by atoms with Crippen molar-refractivity contribution in [3.8, 4) is 0 Å². The van der Waals surface area contributed by atoms with E-state index in [1.807, 2.05) is 0 Å². The molecule has 10 heavy (non-hydrogen) atoms. The molecule has 10 heteroatoms. The van der Waals surface area contributed by atoms with Gasteiger partial charge >= 0.3 is 45.5 Å². The Bertz CT molecular complexity index is 73.7. The Kier molecular flexibility index (Phi) is 36.3. The van der Waals surface area contributed by atoms with Gasteiger partial charge in [-0.1, -0.05) is 0 Å². The van der Waals surface area contributed by atoms with Gasteiger partial charge in [0.25, 0.3) is 0 Å². The van der Waals surface area contributed by atoms with Crippen molar-refractivity contribution in [2.24, 2.45) is 0 Å². The molecule has 0 saturated heterocycles. The van der Waals surface area contributed by atoms with E-state index in [-0.39, 0.29) is 62.8 Å². The van der Waals surface area contributed by atoms with Crippen molar-refractivity contribution in [1.82, 2.24) is 0 Å². The molecular weight excluding hydrogens is 239 g/mol. The summed E-state index contributed by atoms with van der Waals surface area (Å²) in [6.45, 7) is 0. The van der Waals surface area contributed by atoms with Crippen LogP contribution in [0.15, 0.2) is 0 Å². The molecule has 0 fully saturated rings. The van der Waals surface area contributed by atoms with Crippen LogP contribution >= 0.6 is 0 Å². The Balaban J connectivity index is -0.0000000300. The first-order chi connectivity index (χ1) is 3.46. The molecular formula is H3AlN2O6Sr. The minimum absolute atomic E-state index is 0. The maximum absolute atomic E-state index is 8.25. The van der Waals surface area contributed by atoms with Crippen molar-refractivity contribution in [3.05, 3.63) is 30.6 Å². The number of nitrogens with zero attached hydrogens (tertiary/aromatic N) is 2. The van der Waals surface area contributed by atoms with Gasteiger partial charge < -0.3 is 30.6 Å². The Morgan fingerprint density at radius 3 is 0.800 bits per heavy atom. The van der Waals surface area contributed by atoms with Crippen molar-refractivity contribution >= 4 is 62.8 Å². The molecule has 0 unspecified atom stereocenters. The molecule has 0 aromatic carbocycles. The summed E-state index contributed by atoms with van der Waals surface area (Å²) in [4.78, 5) is 16.5. The zero-order valence-corrected chi connectivity index (χ0v) is 7.53. The van der Waals surface area contributed by atoms with E-state index >= 15 is 0 Å². The van der Waals surface area contributed by atoms with Gasteiger partial charge in [0.15, 0.2) is 17.4 Å². The molecule has 0 rings (SSSR count). The van der Waals surface area contributed by atoms with E-state index in [2.05, 4.69) is 0 Å². The van der Waals surface area contributed by atoms with Gasteiger partial charge in [-0.05, 0) is 0 Å². The Hall–Kier alpha value is 0.413. The van der Waals surface area contributed by atoms with Gasteiger partial charge in [0.1, 0.15) is 0 Å². The second-order valence-electron chi connectivity index (χ2n) is 0.447. The van der Waals surface area contributed by atoms with Gasteiger partial charge in [-0.25, -0.2) is 0 Å². The standard InChI is InChI=1S/Al.2NO3.Sr.3H/c;2*2-1(3)4;;;;/q;2*-1;+2;;;. The first-order valence-corrected chi connectivity index (χ1v) is 1.10. The van der Waals surface area contributed by atoms with Crippen LogP contribution in [-0.2, 0) is 0 Å². The summed E-state index contributed by atoms with van der Waals surface area (Å²) in [5.74, 6) is 0. The quantitative estimate of drug-likeness (QED) is 0.272. The first kappa shape index (κ1) is 22.4. The molecule has 0 aromatic heterocycles. The smallest absolute Gasteiger partial charge is 0.356 e. The number of rotatable bonds is 0. The SMILES string of the molecule is O=[N+]([O-])[O-].O=[N+]([O-])[O-].[AlH3].[Sr+2]. The van der Waals surface area contributed by atoms with Crippen LogP contribution in [0.2, 0.25) is 0 Å². The molecule has 0 saturated carbocycles. The number of hydrogen-bond acceptors (Lipinski definition) is 6. The summed E-state index contributed by atoms with van der Waals surface area (Å²) in [5.41, 5.74) is 0. The van der Waals surface area contributed by atoms with Crippen molar-refractivity contribution in [3.63, 3.8) is 0 Å². The largest absolute Gasteiger partial charge is 2.00 e. The van der Waals surface area contributed by atoms with Crippen LogP contribution in [0.25, 0.3) is 0 Å². The van der Waals surface area contributed by atoms with Gasteiger partial charge in [0.05, 0.1) is 10.2 Å². The van der Waals surface area contributed by atoms with Crippen LogP contribution in [-0.4, -0.2) is 73.0 Å². The van der Waals surface area contributed by atoms with Crippen molar-refractivity contribution in [2.75, 3.05) is 0 Å². The van der Waals surface area contributed by atoms with E-state index in [1.54, 1.807) is 0 Å². The molecule has 0 aliphatic carbocycles. The summed E-state index contributed by atoms with van der Waals surface area (Å²) < 4.78 is 0. The Morgan fingerprint density at radius 2 is 0.800 bits per heavy atom. The van der Waals surface area contributed by atoms with Gasteiger partial charge in [-0.15, -0.1) is 0 Å². The second-order valence-corrected chi connectivity index (χ2v) is 0.447. The fraction of sp³-hybridized carbons (Fsp3) is 0. The van der Waals surface area contributed by atoms with Gasteiger partial charge in [0, 0.05) is 0 Å². The monoisotopic (exact) mass is 242 g/mol. The van der Waals surface area contributed by atoms with E-state index in [0.717, 1.165) is 0 Å². The second kappa shape index (κ2) is 16.2. The van der Waals surface area contributed by atoms with Crippen LogP contribution in [0.3, 0.4) is 0 Å². The molecule has 0 N–H and O–H groups in total. The third kappa shape index (κ3) is 2710. The minimum Gasteiger partial charge on any atom is -0.356 e. The molecule has 0 bridgehead atoms. The summed E-state index contributed by atoms with van der Waals surface area (Å²) in [6, 6.07) is 0. The topological polar surface area (TPSA) is 132 Å². The summed E-state index contributed by atoms with van der Waals surface area (Å²) in [6.07, 6.45) is 0. The fourth-order valence-electron chi connectivity index (χ4n) is 0. The normalized spacial score (nSPS) is 4.80. The molecule has 0 radical (unpaired) electrons. The minimum atomic E-state index is -1.75. The predicted octanol–water partition coefficient (Wildman–Crippen LogP) is -2.04. The van der Waals surface area contributed by atoms with Crippen LogP contribution in [0.4, 0.5) is 0 Å². The summed E-state index contributed by atoms with van der Waals surface area (Å²) >= 11 is 0. The van der Waals surface area contributed by atoms with Crippen LogP contribution in [0, 0.1) is 30.6 Å². The van der Waals surface area contributed by atoms with Crippen molar-refractivity contribution < 1.29 is 10.2 Å². The average molecular weight is 242 g/mol. The van der Waals surface area contributed by atoms with E-state index in [4.69, 9.17) is 30.6 Å². The molecule has 0 atom stereocenters. The molecule has 0 spiro atoms. The Morgan fingerprint density at radius 1 is 0.800 bits per heavy atom. The summed E-state index contributed by atoms with van der Waals surface area (Å²) in [5, 5.41) is 29.5. The molecule has 0 aromatic rings. The van der Waals surface area contributed by atoms with E-state index in [1.165, 1.54) is 0 Å². The Labute approximate surface area is 102 Å². The van der Waals surface area contributed by atoms with Crippen LogP contribution < -0.4 is 0 Å². The maximum atomic E-state index is 8.25. The first-order valence-electron chi connectivity index (χ1n) is 1.10. The van der Waals surface area contributed by atoms with Gasteiger partial charge in [0.2, 0.25) is 0 Å². The molecule has 0 aliphatic heterocycles. The molecule has 54 valence electrons. The third-order valence-corrected chi connectivity index (χ3v) is 0. The summed E-state index contributed by atoms with van der Waals surface area (Å²) in [7, 11) is 0. The average Bonchev–Trinajstić information content (AvgIpc) is 1.25. The predicted molar refractivity (Wildman–Crippen MR) is 36.4 cm³/mol. The van der Waals surface area contributed by atoms with Gasteiger partial charge in [-0.2, -0.15) is 0 Å². The van der Waals surface area contributed by atoms with Crippen LogP contribution in [0.1, 0.15) is 0 Å².